The predicted molar refractivity (Wildman–Crippen MR) is 54.1 cm³/mol. The van der Waals surface area contributed by atoms with Crippen LogP contribution in [0.25, 0.3) is 11.0 Å². The zero-order chi connectivity index (χ0) is 6.97. The maximum Gasteiger partial charge on any atom is 0.138 e. The maximum atomic E-state index is 4.12. The molecule has 2 aromatic rings. The van der Waals surface area contributed by atoms with Gasteiger partial charge in [0.05, 0.1) is 0 Å². The standard InChI is InChI=1S/C7H5BrN2.BrH/c8-6-4-10-7-5(6)2-1-3-9-7;/h1-4H,(H,9,10);1H. The number of aromatic amines is 1. The summed E-state index contributed by atoms with van der Waals surface area (Å²) in [7, 11) is 0. The van der Waals surface area contributed by atoms with Crippen LogP contribution in [0.5, 0.6) is 0 Å². The van der Waals surface area contributed by atoms with E-state index in [9.17, 15) is 0 Å². The quantitative estimate of drug-likeness (QED) is 0.788. The number of pyridine rings is 1. The van der Waals surface area contributed by atoms with Gasteiger partial charge in [-0.05, 0) is 28.1 Å². The Kier molecular flexibility index (Phi) is 2.67. The van der Waals surface area contributed by atoms with Crippen molar-refractivity contribution in [3.8, 4) is 0 Å². The molecule has 0 fully saturated rings. The van der Waals surface area contributed by atoms with E-state index in [0.29, 0.717) is 0 Å². The minimum atomic E-state index is 0. The molecule has 0 spiro atoms. The van der Waals surface area contributed by atoms with Gasteiger partial charge in [0.1, 0.15) is 5.65 Å². The minimum absolute atomic E-state index is 0. The number of halogens is 2. The van der Waals surface area contributed by atoms with Crippen molar-refractivity contribution >= 4 is 43.9 Å². The number of hydrogen-bond acceptors (Lipinski definition) is 1. The second-order valence-electron chi connectivity index (χ2n) is 2.04. The summed E-state index contributed by atoms with van der Waals surface area (Å²) >= 11 is 3.40. The highest BCUT2D eigenvalue weighted by Gasteiger charge is 1.97. The van der Waals surface area contributed by atoms with Gasteiger partial charge in [-0.1, -0.05) is 0 Å². The van der Waals surface area contributed by atoms with E-state index in [1.165, 1.54) is 0 Å². The van der Waals surface area contributed by atoms with Crippen molar-refractivity contribution in [3.63, 3.8) is 0 Å². The largest absolute Gasteiger partial charge is 0.345 e. The Morgan fingerprint density at radius 2 is 2.27 bits per heavy atom. The maximum absolute atomic E-state index is 4.12. The van der Waals surface area contributed by atoms with Crippen molar-refractivity contribution < 1.29 is 0 Å². The average molecular weight is 278 g/mol. The predicted octanol–water partition coefficient (Wildman–Crippen LogP) is 2.90. The first-order chi connectivity index (χ1) is 4.88. The topological polar surface area (TPSA) is 28.7 Å². The molecule has 0 unspecified atom stereocenters. The van der Waals surface area contributed by atoms with E-state index < -0.39 is 0 Å². The van der Waals surface area contributed by atoms with Crippen LogP contribution in [0.3, 0.4) is 0 Å². The molecule has 0 amide bonds. The van der Waals surface area contributed by atoms with E-state index in [2.05, 4.69) is 25.9 Å². The van der Waals surface area contributed by atoms with E-state index >= 15 is 0 Å². The van der Waals surface area contributed by atoms with Crippen LogP contribution in [0.2, 0.25) is 0 Å². The molecule has 0 bridgehead atoms. The summed E-state index contributed by atoms with van der Waals surface area (Å²) in [6, 6.07) is 3.93. The first kappa shape index (κ1) is 8.74. The SMILES string of the molecule is Br.Brc1c[nH]c2ncccc12. The lowest BCUT2D eigenvalue weighted by Crippen LogP contribution is -1.71. The summed E-state index contributed by atoms with van der Waals surface area (Å²) in [6.07, 6.45) is 3.66. The molecule has 0 atom stereocenters. The molecule has 58 valence electrons. The van der Waals surface area contributed by atoms with E-state index in [1.807, 2.05) is 18.3 Å². The van der Waals surface area contributed by atoms with Gasteiger partial charge in [-0.25, -0.2) is 4.98 Å². The second-order valence-corrected chi connectivity index (χ2v) is 2.89. The minimum Gasteiger partial charge on any atom is -0.345 e. The molecule has 2 heterocycles. The molecular weight excluding hydrogens is 272 g/mol. The first-order valence-electron chi connectivity index (χ1n) is 2.95. The van der Waals surface area contributed by atoms with Gasteiger partial charge >= 0.3 is 0 Å². The van der Waals surface area contributed by atoms with Crippen LogP contribution in [0, 0.1) is 0 Å². The summed E-state index contributed by atoms with van der Waals surface area (Å²) < 4.78 is 1.07. The second kappa shape index (κ2) is 3.36. The van der Waals surface area contributed by atoms with Gasteiger partial charge in [0.15, 0.2) is 0 Å². The Bertz CT molecular complexity index is 356. The zero-order valence-electron chi connectivity index (χ0n) is 5.54. The van der Waals surface area contributed by atoms with Gasteiger partial charge in [-0.3, -0.25) is 0 Å². The number of fused-ring (bicyclic) bond motifs is 1. The third kappa shape index (κ3) is 1.46. The van der Waals surface area contributed by atoms with E-state index in [1.54, 1.807) is 6.20 Å². The summed E-state index contributed by atoms with van der Waals surface area (Å²) in [4.78, 5) is 7.15. The fourth-order valence-electron chi connectivity index (χ4n) is 0.923. The molecule has 4 heteroatoms. The van der Waals surface area contributed by atoms with Gasteiger partial charge < -0.3 is 4.98 Å². The smallest absolute Gasteiger partial charge is 0.138 e. The molecule has 0 saturated heterocycles. The number of rotatable bonds is 0. The van der Waals surface area contributed by atoms with Crippen molar-refractivity contribution in [1.29, 1.82) is 0 Å². The normalized spacial score (nSPS) is 9.55. The third-order valence-corrected chi connectivity index (χ3v) is 2.06. The van der Waals surface area contributed by atoms with Crippen molar-refractivity contribution in [2.45, 2.75) is 0 Å². The lowest BCUT2D eigenvalue weighted by Gasteiger charge is -1.84. The van der Waals surface area contributed by atoms with E-state index in [0.717, 1.165) is 15.5 Å². The Hall–Kier alpha value is -0.350. The Balaban J connectivity index is 0.000000605. The van der Waals surface area contributed by atoms with Crippen LogP contribution < -0.4 is 0 Å². The Morgan fingerprint density at radius 3 is 3.00 bits per heavy atom. The van der Waals surface area contributed by atoms with Crippen molar-refractivity contribution in [2.75, 3.05) is 0 Å². The van der Waals surface area contributed by atoms with Gasteiger partial charge in [0.25, 0.3) is 0 Å². The molecule has 0 aromatic carbocycles. The van der Waals surface area contributed by atoms with E-state index in [-0.39, 0.29) is 17.0 Å². The number of H-pyrrole nitrogens is 1. The van der Waals surface area contributed by atoms with Crippen LogP contribution in [0.1, 0.15) is 0 Å². The first-order valence-corrected chi connectivity index (χ1v) is 3.75. The third-order valence-electron chi connectivity index (χ3n) is 1.40. The Morgan fingerprint density at radius 1 is 1.45 bits per heavy atom. The lowest BCUT2D eigenvalue weighted by atomic mass is 10.3. The number of nitrogens with zero attached hydrogens (tertiary/aromatic N) is 1. The van der Waals surface area contributed by atoms with E-state index in [4.69, 9.17) is 0 Å². The van der Waals surface area contributed by atoms with Gasteiger partial charge in [-0.2, -0.15) is 0 Å². The molecule has 0 aliphatic carbocycles. The molecule has 0 aliphatic rings. The molecule has 0 radical (unpaired) electrons. The summed E-state index contributed by atoms with van der Waals surface area (Å²) in [6.45, 7) is 0. The molecule has 11 heavy (non-hydrogen) atoms. The molecule has 2 nitrogen and oxygen atoms in total. The van der Waals surface area contributed by atoms with Crippen LogP contribution in [-0.2, 0) is 0 Å². The van der Waals surface area contributed by atoms with Crippen LogP contribution >= 0.6 is 32.9 Å². The monoisotopic (exact) mass is 276 g/mol. The summed E-state index contributed by atoms with van der Waals surface area (Å²) in [5, 5.41) is 1.13. The van der Waals surface area contributed by atoms with Crippen molar-refractivity contribution in [2.24, 2.45) is 0 Å². The van der Waals surface area contributed by atoms with Crippen LogP contribution in [0.4, 0.5) is 0 Å². The zero-order valence-corrected chi connectivity index (χ0v) is 8.84. The number of aromatic nitrogens is 2. The van der Waals surface area contributed by atoms with Crippen LogP contribution in [0.15, 0.2) is 29.0 Å². The molecule has 2 rings (SSSR count). The molecule has 0 saturated carbocycles. The molecule has 0 aliphatic heterocycles. The van der Waals surface area contributed by atoms with Gasteiger partial charge in [0.2, 0.25) is 0 Å². The van der Waals surface area contributed by atoms with Gasteiger partial charge in [-0.15, -0.1) is 17.0 Å². The van der Waals surface area contributed by atoms with Crippen molar-refractivity contribution in [3.05, 3.63) is 29.0 Å². The van der Waals surface area contributed by atoms with Gasteiger partial charge in [0, 0.05) is 22.3 Å². The molecule has 2 aromatic heterocycles. The Labute approximate surface area is 82.9 Å². The van der Waals surface area contributed by atoms with Crippen molar-refractivity contribution in [1.82, 2.24) is 9.97 Å². The molecular formula is C7H6Br2N2. The highest BCUT2D eigenvalue weighted by molar-refractivity contribution is 9.10. The lowest BCUT2D eigenvalue weighted by molar-refractivity contribution is 1.32. The average Bonchev–Trinajstić information content (AvgIpc) is 2.34. The number of nitrogens with one attached hydrogen (secondary N) is 1. The fraction of sp³-hybridized carbons (Fsp3) is 0. The van der Waals surface area contributed by atoms with Crippen LogP contribution in [-0.4, -0.2) is 9.97 Å². The molecule has 1 N–H and O–H groups in total. The highest BCUT2D eigenvalue weighted by Crippen LogP contribution is 2.20. The summed E-state index contributed by atoms with van der Waals surface area (Å²) in [5.41, 5.74) is 0.925. The fourth-order valence-corrected chi connectivity index (χ4v) is 1.36. The highest BCUT2D eigenvalue weighted by atomic mass is 79.9. The number of hydrogen-bond donors (Lipinski definition) is 1. The summed E-state index contributed by atoms with van der Waals surface area (Å²) in [5.74, 6) is 0.